The summed E-state index contributed by atoms with van der Waals surface area (Å²) in [5.41, 5.74) is -2.57. The first-order valence-corrected chi connectivity index (χ1v) is 15.9. The van der Waals surface area contributed by atoms with E-state index in [9.17, 15) is 10.2 Å². The number of carbonyl (C=O) groups excluding carboxylic acids is 3. The Kier molecular flexibility index (Phi) is 9.23. The van der Waals surface area contributed by atoms with Gasteiger partial charge < -0.3 is 14.9 Å². The molecule has 2 bridgehead atoms. The maximum atomic E-state index is 15.5. The molecule has 0 radical (unpaired) electrons. The van der Waals surface area contributed by atoms with E-state index in [-0.39, 0.29) is 29.2 Å². The molecule has 1 aromatic carbocycles. The number of carbonyl (C=O) groups is 3. The van der Waals surface area contributed by atoms with E-state index in [1.54, 1.807) is 30.3 Å². The SMILES string of the molecule is CC(C)=CCC[C@]1(C)[C@@H](CC=C(C)C)C[C@@]2(CC=C(C)C)C(=O)[C@@]1(C(=O)c1ccccc1)C(=O)C1=C2O[C@H](C(C)(C)O)[C@@H]1O. The maximum Gasteiger partial charge on any atom is 0.187 e. The van der Waals surface area contributed by atoms with Crippen molar-refractivity contribution in [1.82, 2.24) is 0 Å². The normalized spacial score (nSPS) is 31.2. The molecule has 2 N–H and O–H groups in total. The molecule has 238 valence electrons. The first kappa shape index (κ1) is 33.8. The lowest BCUT2D eigenvalue weighted by Crippen LogP contribution is -2.70. The maximum absolute atomic E-state index is 15.5. The molecule has 6 nitrogen and oxygen atoms in total. The summed E-state index contributed by atoms with van der Waals surface area (Å²) >= 11 is 0. The molecule has 0 amide bonds. The smallest absolute Gasteiger partial charge is 0.187 e. The molecular weight excluding hydrogens is 552 g/mol. The van der Waals surface area contributed by atoms with Gasteiger partial charge in [-0.2, -0.15) is 0 Å². The van der Waals surface area contributed by atoms with Crippen molar-refractivity contribution in [1.29, 1.82) is 0 Å². The van der Waals surface area contributed by atoms with E-state index in [0.29, 0.717) is 25.7 Å². The Hall–Kier alpha value is -3.09. The first-order valence-electron chi connectivity index (χ1n) is 15.9. The number of ether oxygens (including phenoxy) is 1. The highest BCUT2D eigenvalue weighted by atomic mass is 16.5. The minimum Gasteiger partial charge on any atom is -0.487 e. The minimum absolute atomic E-state index is 0.0303. The molecule has 44 heavy (non-hydrogen) atoms. The molecule has 0 unspecified atom stereocenters. The number of aliphatic hydroxyl groups excluding tert-OH is 1. The number of benzene rings is 1. The van der Waals surface area contributed by atoms with Crippen LogP contribution in [0.4, 0.5) is 0 Å². The molecule has 3 aliphatic rings. The van der Waals surface area contributed by atoms with Crippen molar-refractivity contribution >= 4 is 17.3 Å². The van der Waals surface area contributed by atoms with Gasteiger partial charge in [0.2, 0.25) is 0 Å². The van der Waals surface area contributed by atoms with Crippen LogP contribution in [0.1, 0.15) is 105 Å². The van der Waals surface area contributed by atoms with Crippen molar-refractivity contribution in [3.8, 4) is 0 Å². The highest BCUT2D eigenvalue weighted by Gasteiger charge is 2.78. The molecule has 6 heteroatoms. The first-order chi connectivity index (χ1) is 20.4. The van der Waals surface area contributed by atoms with Crippen LogP contribution in [0.15, 0.2) is 76.6 Å². The second-order valence-corrected chi connectivity index (χ2v) is 14.7. The topological polar surface area (TPSA) is 101 Å². The fraction of sp³-hybridized carbons (Fsp3) is 0.553. The van der Waals surface area contributed by atoms with E-state index in [2.05, 4.69) is 12.2 Å². The van der Waals surface area contributed by atoms with Crippen molar-refractivity contribution in [3.63, 3.8) is 0 Å². The molecule has 0 saturated heterocycles. The van der Waals surface area contributed by atoms with Crippen LogP contribution in [0, 0.1) is 22.2 Å². The average Bonchev–Trinajstić information content (AvgIpc) is 3.30. The van der Waals surface area contributed by atoms with Gasteiger partial charge in [-0.3, -0.25) is 14.4 Å². The highest BCUT2D eigenvalue weighted by molar-refractivity contribution is 6.36. The van der Waals surface area contributed by atoms with Gasteiger partial charge in [-0.15, -0.1) is 0 Å². The lowest BCUT2D eigenvalue weighted by Gasteiger charge is -2.60. The lowest BCUT2D eigenvalue weighted by molar-refractivity contribution is -0.168. The van der Waals surface area contributed by atoms with Gasteiger partial charge in [0.1, 0.15) is 11.9 Å². The summed E-state index contributed by atoms with van der Waals surface area (Å²) < 4.78 is 6.36. The van der Waals surface area contributed by atoms with Crippen molar-refractivity contribution in [2.24, 2.45) is 22.2 Å². The summed E-state index contributed by atoms with van der Waals surface area (Å²) in [5.74, 6) is -1.76. The van der Waals surface area contributed by atoms with Crippen LogP contribution in [0.5, 0.6) is 0 Å². The summed E-state index contributed by atoms with van der Waals surface area (Å²) in [7, 11) is 0. The van der Waals surface area contributed by atoms with Crippen molar-refractivity contribution in [2.45, 2.75) is 112 Å². The summed E-state index contributed by atoms with van der Waals surface area (Å²) in [4.78, 5) is 45.9. The van der Waals surface area contributed by atoms with Gasteiger partial charge in [-0.1, -0.05) is 72.2 Å². The Balaban J connectivity index is 2.14. The number of aliphatic hydroxyl groups is 2. The number of fused-ring (bicyclic) bond motifs is 3. The summed E-state index contributed by atoms with van der Waals surface area (Å²) in [6, 6.07) is 8.61. The van der Waals surface area contributed by atoms with Crippen LogP contribution in [-0.4, -0.2) is 45.4 Å². The molecule has 0 aromatic heterocycles. The lowest BCUT2D eigenvalue weighted by atomic mass is 9.38. The fourth-order valence-corrected chi connectivity index (χ4v) is 7.79. The third kappa shape index (κ3) is 5.28. The van der Waals surface area contributed by atoms with Gasteiger partial charge >= 0.3 is 0 Å². The predicted octanol–water partition coefficient (Wildman–Crippen LogP) is 7.26. The number of rotatable bonds is 10. The zero-order valence-electron chi connectivity index (χ0n) is 27.9. The Morgan fingerprint density at radius 2 is 1.57 bits per heavy atom. The summed E-state index contributed by atoms with van der Waals surface area (Å²) in [5, 5.41) is 22.8. The van der Waals surface area contributed by atoms with Gasteiger partial charge in [-0.05, 0) is 98.8 Å². The monoisotopic (exact) mass is 602 g/mol. The molecule has 6 atom stereocenters. The Morgan fingerprint density at radius 1 is 0.977 bits per heavy atom. The molecule has 2 aliphatic carbocycles. The molecule has 1 aromatic rings. The highest BCUT2D eigenvalue weighted by Crippen LogP contribution is 2.69. The van der Waals surface area contributed by atoms with E-state index >= 15 is 14.4 Å². The van der Waals surface area contributed by atoms with Gasteiger partial charge in [-0.25, -0.2) is 0 Å². The number of hydrogen-bond acceptors (Lipinski definition) is 6. The molecule has 4 rings (SSSR count). The van der Waals surface area contributed by atoms with Crippen LogP contribution in [0.25, 0.3) is 0 Å². The van der Waals surface area contributed by atoms with Gasteiger partial charge in [0, 0.05) is 5.56 Å². The Bertz CT molecular complexity index is 1440. The van der Waals surface area contributed by atoms with Gasteiger partial charge in [0.05, 0.1) is 16.6 Å². The van der Waals surface area contributed by atoms with E-state index in [1.807, 2.05) is 54.5 Å². The van der Waals surface area contributed by atoms with E-state index < -0.39 is 51.4 Å². The number of hydrogen-bond donors (Lipinski definition) is 2. The second-order valence-electron chi connectivity index (χ2n) is 14.7. The molecular formula is C38H50O6. The Morgan fingerprint density at radius 3 is 2.11 bits per heavy atom. The van der Waals surface area contributed by atoms with Crippen LogP contribution < -0.4 is 0 Å². The quantitative estimate of drug-likeness (QED) is 0.166. The number of ketones is 3. The molecule has 1 heterocycles. The molecule has 0 spiro atoms. The van der Waals surface area contributed by atoms with E-state index in [4.69, 9.17) is 4.74 Å². The second kappa shape index (κ2) is 12.0. The zero-order chi connectivity index (χ0) is 32.8. The third-order valence-electron chi connectivity index (χ3n) is 10.2. The average molecular weight is 603 g/mol. The van der Waals surface area contributed by atoms with Crippen LogP contribution in [0.3, 0.4) is 0 Å². The van der Waals surface area contributed by atoms with Crippen molar-refractivity contribution < 1.29 is 29.3 Å². The van der Waals surface area contributed by atoms with Crippen LogP contribution in [-0.2, 0) is 14.3 Å². The molecule has 1 fully saturated rings. The van der Waals surface area contributed by atoms with Gasteiger partial charge in [0.25, 0.3) is 0 Å². The summed E-state index contributed by atoms with van der Waals surface area (Å²) in [6.45, 7) is 16.9. The van der Waals surface area contributed by atoms with Crippen LogP contribution in [0.2, 0.25) is 0 Å². The summed E-state index contributed by atoms with van der Waals surface area (Å²) in [6.07, 6.45) is 5.72. The molecule has 1 aliphatic heterocycles. The van der Waals surface area contributed by atoms with Crippen molar-refractivity contribution in [2.75, 3.05) is 0 Å². The fourth-order valence-electron chi connectivity index (χ4n) is 7.79. The largest absolute Gasteiger partial charge is 0.487 e. The third-order valence-corrected chi connectivity index (χ3v) is 10.2. The Labute approximate surface area is 263 Å². The van der Waals surface area contributed by atoms with Gasteiger partial charge in [0.15, 0.2) is 28.9 Å². The van der Waals surface area contributed by atoms with Crippen molar-refractivity contribution in [3.05, 3.63) is 82.2 Å². The standard InChI is InChI=1S/C38H50O6/c1-23(2)14-13-20-36(9)27(18-17-24(3)4)22-37(21-19-25(5)6)32-28(29(39)33(44-32)35(7,8)43)31(41)38(36,34(37)42)30(40)26-15-11-10-12-16-26/h10-12,14-17,19,27,29,33,39,43H,13,18,20-22H2,1-9H3/t27-,29+,33-,36+,37+,38+/m0/s1. The number of Topliss-reactive ketones (excluding diaryl/α,β-unsaturated/α-hetero) is 3. The number of allylic oxidation sites excluding steroid dienone is 7. The minimum atomic E-state index is -2.09. The predicted molar refractivity (Wildman–Crippen MR) is 173 cm³/mol. The van der Waals surface area contributed by atoms with E-state index in [0.717, 1.165) is 16.7 Å². The zero-order valence-corrected chi connectivity index (χ0v) is 27.9. The van der Waals surface area contributed by atoms with Crippen LogP contribution >= 0.6 is 0 Å². The molecule has 1 saturated carbocycles. The van der Waals surface area contributed by atoms with E-state index in [1.165, 1.54) is 13.8 Å².